The van der Waals surface area contributed by atoms with Crippen molar-refractivity contribution in [3.63, 3.8) is 0 Å². The molecule has 13 heavy (non-hydrogen) atoms. The largest absolute Gasteiger partial charge is 0.269 e. The van der Waals surface area contributed by atoms with Crippen LogP contribution in [-0.4, -0.2) is 9.55 Å². The monoisotopic (exact) mass is 173 g/mol. The van der Waals surface area contributed by atoms with Crippen molar-refractivity contribution in [2.75, 3.05) is 0 Å². The van der Waals surface area contributed by atoms with Gasteiger partial charge in [0.15, 0.2) is 0 Å². The van der Waals surface area contributed by atoms with Crippen LogP contribution in [0.2, 0.25) is 0 Å². The lowest BCUT2D eigenvalue weighted by molar-refractivity contribution is 0.941. The van der Waals surface area contributed by atoms with Gasteiger partial charge in [0.25, 0.3) is 5.56 Å². The first-order valence-corrected chi connectivity index (χ1v) is 3.89. The maximum Gasteiger partial charge on any atom is 0.256 e. The Balaban J connectivity index is 2.69. The molecule has 0 fully saturated rings. The molecule has 3 nitrogen and oxygen atoms in total. The summed E-state index contributed by atoms with van der Waals surface area (Å²) in [5, 5.41) is 0. The van der Waals surface area contributed by atoms with Crippen LogP contribution >= 0.6 is 0 Å². The topological polar surface area (TPSA) is 34.9 Å². The average Bonchev–Trinajstić information content (AvgIpc) is 2.19. The SMILES string of the molecule is [2H]c1cccc(=O)n1-c1ccccn1. The van der Waals surface area contributed by atoms with Gasteiger partial charge in [-0.05, 0) is 18.2 Å². The Morgan fingerprint density at radius 2 is 2.08 bits per heavy atom. The number of hydrogen-bond donors (Lipinski definition) is 0. The molecule has 2 rings (SSSR count). The smallest absolute Gasteiger partial charge is 0.256 e. The first kappa shape index (κ1) is 6.60. The van der Waals surface area contributed by atoms with Gasteiger partial charge >= 0.3 is 0 Å². The second kappa shape index (κ2) is 3.23. The average molecular weight is 173 g/mol. The first-order valence-electron chi connectivity index (χ1n) is 4.39. The number of nitrogens with zero attached hydrogens (tertiary/aromatic N) is 2. The van der Waals surface area contributed by atoms with Crippen LogP contribution < -0.4 is 5.56 Å². The molecule has 0 aliphatic carbocycles. The second-order valence-corrected chi connectivity index (χ2v) is 2.52. The van der Waals surface area contributed by atoms with Gasteiger partial charge in [0, 0.05) is 18.4 Å². The van der Waals surface area contributed by atoms with Crippen molar-refractivity contribution in [1.82, 2.24) is 9.55 Å². The summed E-state index contributed by atoms with van der Waals surface area (Å²) in [5.41, 5.74) is -0.240. The third kappa shape index (κ3) is 1.49. The maximum absolute atomic E-state index is 11.4. The van der Waals surface area contributed by atoms with Crippen LogP contribution in [0, 0.1) is 0 Å². The number of rotatable bonds is 1. The molecular formula is C10H8N2O. The molecule has 0 radical (unpaired) electrons. The van der Waals surface area contributed by atoms with E-state index in [0.29, 0.717) is 5.82 Å². The fraction of sp³-hybridized carbons (Fsp3) is 0. The fourth-order valence-corrected chi connectivity index (χ4v) is 1.05. The van der Waals surface area contributed by atoms with Crippen molar-refractivity contribution in [1.29, 1.82) is 0 Å². The van der Waals surface area contributed by atoms with Crippen LogP contribution in [0.3, 0.4) is 0 Å². The highest BCUT2D eigenvalue weighted by atomic mass is 16.1. The van der Waals surface area contributed by atoms with E-state index in [0.717, 1.165) is 0 Å². The molecule has 0 atom stereocenters. The van der Waals surface area contributed by atoms with E-state index in [1.807, 2.05) is 0 Å². The summed E-state index contributed by atoms with van der Waals surface area (Å²) in [6, 6.07) is 9.76. The minimum atomic E-state index is -0.240. The molecule has 0 saturated heterocycles. The van der Waals surface area contributed by atoms with E-state index < -0.39 is 0 Å². The minimum Gasteiger partial charge on any atom is -0.269 e. The van der Waals surface area contributed by atoms with Crippen molar-refractivity contribution >= 4 is 0 Å². The van der Waals surface area contributed by atoms with Crippen molar-refractivity contribution < 1.29 is 1.37 Å². The molecule has 0 amide bonds. The summed E-state index contributed by atoms with van der Waals surface area (Å²) < 4.78 is 8.82. The Morgan fingerprint density at radius 1 is 1.23 bits per heavy atom. The summed E-state index contributed by atoms with van der Waals surface area (Å²) in [5.74, 6) is 0.475. The highest BCUT2D eigenvalue weighted by Gasteiger charge is 1.95. The summed E-state index contributed by atoms with van der Waals surface area (Å²) >= 11 is 0. The first-order chi connectivity index (χ1) is 6.79. The molecule has 0 spiro atoms. The highest BCUT2D eigenvalue weighted by molar-refractivity contribution is 5.21. The number of aromatic nitrogens is 2. The Hall–Kier alpha value is -1.90. The van der Waals surface area contributed by atoms with E-state index in [9.17, 15) is 4.79 Å². The Bertz CT molecular complexity index is 493. The van der Waals surface area contributed by atoms with Gasteiger partial charge in [-0.3, -0.25) is 9.36 Å². The predicted octanol–water partition coefficient (Wildman–Crippen LogP) is 1.23. The van der Waals surface area contributed by atoms with Crippen molar-refractivity contribution in [3.05, 3.63) is 59.1 Å². The van der Waals surface area contributed by atoms with Gasteiger partial charge in [0.1, 0.15) is 5.82 Å². The minimum absolute atomic E-state index is 0.135. The summed E-state index contributed by atoms with van der Waals surface area (Å²) in [6.45, 7) is 0. The molecule has 0 unspecified atom stereocenters. The highest BCUT2D eigenvalue weighted by Crippen LogP contribution is 1.97. The van der Waals surface area contributed by atoms with Gasteiger partial charge in [0.2, 0.25) is 0 Å². The molecule has 64 valence electrons. The van der Waals surface area contributed by atoms with Crippen molar-refractivity contribution in [2.24, 2.45) is 0 Å². The van der Waals surface area contributed by atoms with E-state index in [-0.39, 0.29) is 11.7 Å². The standard InChI is InChI=1S/C10H8N2O/c13-10-6-2-4-8-12(10)9-5-1-3-7-11-9/h1-8H/i8D. The van der Waals surface area contributed by atoms with E-state index in [4.69, 9.17) is 1.37 Å². The van der Waals surface area contributed by atoms with Crippen LogP contribution in [0.1, 0.15) is 1.37 Å². The van der Waals surface area contributed by atoms with Crippen molar-refractivity contribution in [2.45, 2.75) is 0 Å². The molecule has 0 bridgehead atoms. The lowest BCUT2D eigenvalue weighted by atomic mass is 10.4. The van der Waals surface area contributed by atoms with Crippen LogP contribution in [0.15, 0.2) is 53.6 Å². The lowest BCUT2D eigenvalue weighted by Gasteiger charge is -2.01. The van der Waals surface area contributed by atoms with E-state index in [2.05, 4.69) is 4.98 Å². The molecule has 2 aromatic rings. The Kier molecular flexibility index (Phi) is 1.64. The van der Waals surface area contributed by atoms with Crippen LogP contribution in [0.25, 0.3) is 5.82 Å². The van der Waals surface area contributed by atoms with E-state index in [1.165, 1.54) is 10.6 Å². The third-order valence-electron chi connectivity index (χ3n) is 1.64. The Morgan fingerprint density at radius 3 is 2.77 bits per heavy atom. The number of pyridine rings is 2. The molecule has 2 heterocycles. The maximum atomic E-state index is 11.4. The molecule has 0 aromatic carbocycles. The molecule has 0 aliphatic rings. The fourth-order valence-electron chi connectivity index (χ4n) is 1.05. The predicted molar refractivity (Wildman–Crippen MR) is 49.8 cm³/mol. The van der Waals surface area contributed by atoms with Gasteiger partial charge < -0.3 is 0 Å². The van der Waals surface area contributed by atoms with Gasteiger partial charge in [-0.2, -0.15) is 0 Å². The van der Waals surface area contributed by atoms with E-state index >= 15 is 0 Å². The van der Waals surface area contributed by atoms with Gasteiger partial charge in [-0.1, -0.05) is 12.1 Å². The molecule has 0 saturated carbocycles. The summed E-state index contributed by atoms with van der Waals surface area (Å²) in [6.07, 6.45) is 1.73. The second-order valence-electron chi connectivity index (χ2n) is 2.52. The summed E-state index contributed by atoms with van der Waals surface area (Å²) in [4.78, 5) is 15.5. The zero-order valence-electron chi connectivity index (χ0n) is 7.84. The van der Waals surface area contributed by atoms with Crippen LogP contribution in [0.5, 0.6) is 0 Å². The molecular weight excluding hydrogens is 164 g/mol. The number of hydrogen-bond acceptors (Lipinski definition) is 2. The molecule has 3 heteroatoms. The van der Waals surface area contributed by atoms with Crippen LogP contribution in [-0.2, 0) is 0 Å². The third-order valence-corrected chi connectivity index (χ3v) is 1.64. The molecule has 0 N–H and O–H groups in total. The summed E-state index contributed by atoms with van der Waals surface area (Å²) in [7, 11) is 0. The Labute approximate surface area is 76.7 Å². The lowest BCUT2D eigenvalue weighted by Crippen LogP contribution is -2.16. The molecule has 0 aliphatic heterocycles. The van der Waals surface area contributed by atoms with Gasteiger partial charge in [-0.25, -0.2) is 4.98 Å². The van der Waals surface area contributed by atoms with Crippen LogP contribution in [0.4, 0.5) is 0 Å². The van der Waals surface area contributed by atoms with Gasteiger partial charge in [0.05, 0.1) is 1.37 Å². The molecule has 2 aromatic heterocycles. The quantitative estimate of drug-likeness (QED) is 0.650. The van der Waals surface area contributed by atoms with Gasteiger partial charge in [-0.15, -0.1) is 0 Å². The van der Waals surface area contributed by atoms with Crippen molar-refractivity contribution in [3.8, 4) is 5.82 Å². The zero-order chi connectivity index (χ0) is 9.97. The normalized spacial score (nSPS) is 10.9. The zero-order valence-corrected chi connectivity index (χ0v) is 6.84. The van der Waals surface area contributed by atoms with E-state index in [1.54, 1.807) is 36.5 Å².